The third-order valence-electron chi connectivity index (χ3n) is 13.4. The zero-order chi connectivity index (χ0) is 44.2. The van der Waals surface area contributed by atoms with Crippen molar-refractivity contribution in [3.05, 3.63) is 190 Å². The Bertz CT molecular complexity index is 2400. The highest BCUT2D eigenvalue weighted by molar-refractivity contribution is 6.22. The van der Waals surface area contributed by atoms with E-state index in [1.54, 1.807) is 77.0 Å². The summed E-state index contributed by atoms with van der Waals surface area (Å²) in [7, 11) is 6.50. The number of methoxy groups -OCH3 is 4. The molecule has 0 bridgehead atoms. The summed E-state index contributed by atoms with van der Waals surface area (Å²) in [6.45, 7) is 0.627. The van der Waals surface area contributed by atoms with E-state index in [0.717, 1.165) is 22.3 Å². The van der Waals surface area contributed by atoms with Gasteiger partial charge in [0, 0.05) is 13.1 Å². The number of amides is 4. The summed E-state index contributed by atoms with van der Waals surface area (Å²) in [6, 6.07) is 42.1. The molecule has 0 unspecified atom stereocenters. The van der Waals surface area contributed by atoms with Gasteiger partial charge in [0.15, 0.2) is 0 Å². The van der Waals surface area contributed by atoms with Gasteiger partial charge in [-0.1, -0.05) is 72.8 Å². The van der Waals surface area contributed by atoms with Crippen molar-refractivity contribution in [2.24, 2.45) is 0 Å². The Morgan fingerprint density at radius 1 is 0.375 bits per heavy atom. The van der Waals surface area contributed by atoms with E-state index in [9.17, 15) is 19.2 Å². The minimum absolute atomic E-state index is 0.313. The lowest BCUT2D eigenvalue weighted by Gasteiger charge is -2.65. The van der Waals surface area contributed by atoms with E-state index >= 15 is 0 Å². The van der Waals surface area contributed by atoms with Crippen LogP contribution in [0.15, 0.2) is 146 Å². The van der Waals surface area contributed by atoms with Crippen LogP contribution in [-0.4, -0.2) is 109 Å². The maximum absolute atomic E-state index is 14.5. The van der Waals surface area contributed by atoms with Crippen LogP contribution in [0.4, 0.5) is 0 Å². The molecule has 0 radical (unpaired) electrons. The molecule has 4 heterocycles. The fraction of sp³-hybridized carbons (Fsp3) is 0.231. The minimum atomic E-state index is -0.649. The Balaban J connectivity index is 1.17. The van der Waals surface area contributed by atoms with Crippen LogP contribution in [0.2, 0.25) is 0 Å². The lowest BCUT2D eigenvalue weighted by atomic mass is 9.74. The average Bonchev–Trinajstić information content (AvgIpc) is 3.73. The maximum atomic E-state index is 14.5. The highest BCUT2D eigenvalue weighted by atomic mass is 16.5. The molecule has 6 aromatic rings. The number of hydrogen-bond acceptors (Lipinski definition) is 10. The van der Waals surface area contributed by atoms with Crippen molar-refractivity contribution >= 4 is 23.6 Å². The van der Waals surface area contributed by atoms with Crippen LogP contribution in [0, 0.1) is 0 Å². The van der Waals surface area contributed by atoms with Crippen molar-refractivity contribution in [1.82, 2.24) is 19.6 Å². The molecule has 4 atom stereocenters. The molecule has 0 aromatic heterocycles. The number of nitrogens with zero attached hydrogens (tertiary/aromatic N) is 4. The van der Waals surface area contributed by atoms with Crippen LogP contribution in [-0.2, 0) is 0 Å². The topological polar surface area (TPSA) is 118 Å². The predicted octanol–water partition coefficient (Wildman–Crippen LogP) is 7.30. The summed E-state index contributed by atoms with van der Waals surface area (Å²) in [5.74, 6) is 1.30. The zero-order valence-corrected chi connectivity index (χ0v) is 35.8. The molecule has 4 amide bonds. The number of hydrogen-bond donors (Lipinski definition) is 0. The Labute approximate surface area is 371 Å². The molecule has 4 aliphatic heterocycles. The number of likely N-dealkylation sites (tertiary alicyclic amines) is 2. The van der Waals surface area contributed by atoms with Crippen LogP contribution in [0.3, 0.4) is 0 Å². The van der Waals surface area contributed by atoms with E-state index in [1.165, 1.54) is 9.80 Å². The first-order valence-corrected chi connectivity index (χ1v) is 21.3. The van der Waals surface area contributed by atoms with Crippen molar-refractivity contribution < 1.29 is 38.1 Å². The summed E-state index contributed by atoms with van der Waals surface area (Å²) in [5.41, 5.74) is 5.19. The molecule has 2 saturated heterocycles. The second kappa shape index (κ2) is 16.4. The number of imide groups is 2. The minimum Gasteiger partial charge on any atom is -0.497 e. The molecule has 0 aliphatic carbocycles. The maximum Gasteiger partial charge on any atom is 0.261 e. The molecule has 0 N–H and O–H groups in total. The molecule has 0 spiro atoms. The lowest BCUT2D eigenvalue weighted by Crippen LogP contribution is -2.82. The number of carbonyl (C=O) groups excluding carboxylic acids is 4. The molecule has 6 aromatic carbocycles. The van der Waals surface area contributed by atoms with E-state index < -0.39 is 36.3 Å². The molecule has 64 heavy (non-hydrogen) atoms. The molecule has 2 fully saturated rings. The van der Waals surface area contributed by atoms with Gasteiger partial charge in [-0.05, 0) is 95.1 Å². The molecule has 322 valence electrons. The van der Waals surface area contributed by atoms with Crippen LogP contribution in [0.5, 0.6) is 23.0 Å². The molecule has 4 aliphatic rings. The number of ether oxygens (including phenoxy) is 4. The van der Waals surface area contributed by atoms with Gasteiger partial charge in [0.05, 0.1) is 86.9 Å². The molecule has 12 nitrogen and oxygen atoms in total. The van der Waals surface area contributed by atoms with Crippen molar-refractivity contribution in [3.63, 3.8) is 0 Å². The molecular weight excluding hydrogens is 809 g/mol. The first-order valence-electron chi connectivity index (χ1n) is 21.3. The fourth-order valence-electron chi connectivity index (χ4n) is 10.2. The van der Waals surface area contributed by atoms with Gasteiger partial charge < -0.3 is 18.9 Å². The number of rotatable bonds is 13. The summed E-state index contributed by atoms with van der Waals surface area (Å²) >= 11 is 0. The fourth-order valence-corrected chi connectivity index (χ4v) is 10.2. The van der Waals surface area contributed by atoms with E-state index in [-0.39, 0.29) is 23.6 Å². The Morgan fingerprint density at radius 2 is 0.609 bits per heavy atom. The second-order valence-corrected chi connectivity index (χ2v) is 16.5. The molecule has 0 saturated carbocycles. The number of carbonyl (C=O) groups is 4. The van der Waals surface area contributed by atoms with Crippen LogP contribution >= 0.6 is 0 Å². The quantitative estimate of drug-likeness (QED) is 0.110. The highest BCUT2D eigenvalue weighted by Crippen LogP contribution is 2.50. The van der Waals surface area contributed by atoms with Gasteiger partial charge in [-0.15, -0.1) is 0 Å². The van der Waals surface area contributed by atoms with E-state index in [4.69, 9.17) is 18.9 Å². The largest absolute Gasteiger partial charge is 0.497 e. The SMILES string of the molecule is COc1ccc(C(c2ccc(OC)cc2)N2C[C@@H](N3C(=O)c4ccccc4C3=O)[C@H]2[C@@H]2[C@H](N3C(=O)c4ccccc4C3=O)CN2C(c2ccc(OC)cc2)c2ccc(OC)cc2)cc1. The van der Waals surface area contributed by atoms with Crippen molar-refractivity contribution in [1.29, 1.82) is 0 Å². The van der Waals surface area contributed by atoms with Gasteiger partial charge in [-0.2, -0.15) is 0 Å². The Hall–Kier alpha value is -7.28. The highest BCUT2D eigenvalue weighted by Gasteiger charge is 2.63. The first kappa shape index (κ1) is 40.8. The third-order valence-corrected chi connectivity index (χ3v) is 13.4. The van der Waals surface area contributed by atoms with Gasteiger partial charge in [-0.25, -0.2) is 0 Å². The zero-order valence-electron chi connectivity index (χ0n) is 35.8. The first-order chi connectivity index (χ1) is 31.2. The van der Waals surface area contributed by atoms with Crippen molar-refractivity contribution in [3.8, 4) is 23.0 Å². The average molecular weight is 855 g/mol. The van der Waals surface area contributed by atoms with Crippen LogP contribution in [0.25, 0.3) is 0 Å². The predicted molar refractivity (Wildman–Crippen MR) is 238 cm³/mol. The van der Waals surface area contributed by atoms with E-state index in [0.29, 0.717) is 58.3 Å². The summed E-state index contributed by atoms with van der Waals surface area (Å²) in [6.07, 6.45) is 0. The van der Waals surface area contributed by atoms with Gasteiger partial charge in [0.2, 0.25) is 0 Å². The normalized spacial score (nSPS) is 20.6. The lowest BCUT2D eigenvalue weighted by molar-refractivity contribution is -0.133. The summed E-state index contributed by atoms with van der Waals surface area (Å²) < 4.78 is 22.3. The Morgan fingerprint density at radius 3 is 0.828 bits per heavy atom. The smallest absolute Gasteiger partial charge is 0.261 e. The molecule has 10 rings (SSSR count). The van der Waals surface area contributed by atoms with Gasteiger partial charge >= 0.3 is 0 Å². The monoisotopic (exact) mass is 854 g/mol. The van der Waals surface area contributed by atoms with Gasteiger partial charge in [0.1, 0.15) is 23.0 Å². The van der Waals surface area contributed by atoms with Gasteiger partial charge in [0.25, 0.3) is 23.6 Å². The van der Waals surface area contributed by atoms with Crippen molar-refractivity contribution in [2.75, 3.05) is 41.5 Å². The number of benzene rings is 6. The summed E-state index contributed by atoms with van der Waals surface area (Å²) in [5, 5.41) is 0. The third kappa shape index (κ3) is 6.60. The van der Waals surface area contributed by atoms with Crippen LogP contribution < -0.4 is 18.9 Å². The Kier molecular flexibility index (Phi) is 10.5. The molecular formula is C52H46N4O8. The van der Waals surface area contributed by atoms with Gasteiger partial charge in [-0.3, -0.25) is 38.8 Å². The summed E-state index contributed by atoms with van der Waals surface area (Å²) in [4.78, 5) is 65.6. The molecule has 12 heteroatoms. The number of fused-ring (bicyclic) bond motifs is 2. The van der Waals surface area contributed by atoms with E-state index in [1.807, 2.05) is 97.1 Å². The van der Waals surface area contributed by atoms with Crippen LogP contribution in [0.1, 0.15) is 75.8 Å². The second-order valence-electron chi connectivity index (χ2n) is 16.5. The standard InChI is InChI=1S/C52H46N4O8/c1-61-35-21-13-31(14-22-35)45(32-15-23-36(62-2)24-16-32)53-29-43(55-49(57)39-9-5-6-10-40(39)50(55)58)47(53)48-44(56-51(59)41-11-7-8-12-42(41)52(56)60)30-54(48)46(33-17-25-37(63-3)26-18-33)34-19-27-38(64-4)28-20-34/h5-28,43-48H,29-30H2,1-4H3/t43-,44-,47+,48+/m1/s1. The van der Waals surface area contributed by atoms with E-state index in [2.05, 4.69) is 9.80 Å². The van der Waals surface area contributed by atoms with Crippen molar-refractivity contribution in [2.45, 2.75) is 36.3 Å².